The second-order valence-electron chi connectivity index (χ2n) is 6.07. The summed E-state index contributed by atoms with van der Waals surface area (Å²) in [7, 11) is -2.94. The Balaban J connectivity index is 2.01. The lowest BCUT2D eigenvalue weighted by Gasteiger charge is -2.10. The van der Waals surface area contributed by atoms with Crippen LogP contribution in [0.4, 0.5) is 0 Å². The van der Waals surface area contributed by atoms with Crippen LogP contribution < -0.4 is 10.7 Å². The second kappa shape index (κ2) is 8.06. The van der Waals surface area contributed by atoms with Crippen molar-refractivity contribution in [3.8, 4) is 0 Å². The van der Waals surface area contributed by atoms with Crippen molar-refractivity contribution in [3.05, 3.63) is 17.0 Å². The molecule has 0 amide bonds. The van der Waals surface area contributed by atoms with E-state index in [-0.39, 0.29) is 17.5 Å². The van der Waals surface area contributed by atoms with Gasteiger partial charge in [0, 0.05) is 17.8 Å². The Morgan fingerprint density at radius 1 is 1.50 bits per heavy atom. The molecule has 1 fully saturated rings. The van der Waals surface area contributed by atoms with Crippen LogP contribution in [0.15, 0.2) is 5.10 Å². The van der Waals surface area contributed by atoms with Crippen molar-refractivity contribution in [2.24, 2.45) is 5.10 Å². The number of hydrogen-bond donors (Lipinski definition) is 2. The number of thiocarbonyl (C=S) groups is 1. The van der Waals surface area contributed by atoms with Crippen LogP contribution in [0.1, 0.15) is 49.2 Å². The molecular formula is C15H25N5O2S2. The predicted molar refractivity (Wildman–Crippen MR) is 100 cm³/mol. The van der Waals surface area contributed by atoms with E-state index in [2.05, 4.69) is 27.9 Å². The van der Waals surface area contributed by atoms with E-state index < -0.39 is 9.84 Å². The van der Waals surface area contributed by atoms with Crippen molar-refractivity contribution < 1.29 is 8.42 Å². The summed E-state index contributed by atoms with van der Waals surface area (Å²) in [5.74, 6) is 0.397. The number of nitrogens with zero attached hydrogens (tertiary/aromatic N) is 3. The first kappa shape index (κ1) is 18.9. The van der Waals surface area contributed by atoms with E-state index >= 15 is 0 Å². The third-order valence-electron chi connectivity index (χ3n) is 4.11. The minimum atomic E-state index is -2.94. The van der Waals surface area contributed by atoms with Gasteiger partial charge in [-0.1, -0.05) is 13.3 Å². The molecule has 1 aromatic rings. The Morgan fingerprint density at radius 2 is 2.25 bits per heavy atom. The van der Waals surface area contributed by atoms with Crippen LogP contribution in [0.2, 0.25) is 0 Å². The molecule has 0 saturated carbocycles. The average Bonchev–Trinajstić information content (AvgIpc) is 3.01. The maximum atomic E-state index is 11.7. The van der Waals surface area contributed by atoms with Crippen molar-refractivity contribution >= 4 is 33.4 Å². The molecule has 0 unspecified atom stereocenters. The summed E-state index contributed by atoms with van der Waals surface area (Å²) in [5.41, 5.74) is 5.43. The van der Waals surface area contributed by atoms with Crippen LogP contribution in [0.5, 0.6) is 0 Å². The van der Waals surface area contributed by atoms with Crippen molar-refractivity contribution in [2.75, 3.05) is 18.1 Å². The first-order chi connectivity index (χ1) is 11.3. The number of rotatable bonds is 6. The van der Waals surface area contributed by atoms with Crippen molar-refractivity contribution in [1.29, 1.82) is 0 Å². The lowest BCUT2D eigenvalue weighted by molar-refractivity contribution is 0.486. The van der Waals surface area contributed by atoms with Crippen LogP contribution in [0.3, 0.4) is 0 Å². The van der Waals surface area contributed by atoms with E-state index in [1.807, 2.05) is 18.5 Å². The quantitative estimate of drug-likeness (QED) is 0.341. The molecule has 7 nitrogen and oxygen atoms in total. The SMILES string of the molecule is CCCCNC(=S)N/N=C\c1c(C)nn([C@H]2CCS(=O)(=O)C2)c1C. The van der Waals surface area contributed by atoms with Gasteiger partial charge in [-0.2, -0.15) is 10.2 Å². The molecule has 1 aliphatic heterocycles. The fourth-order valence-electron chi connectivity index (χ4n) is 2.76. The monoisotopic (exact) mass is 371 g/mol. The first-order valence-corrected chi connectivity index (χ1v) is 10.4. The number of aryl methyl sites for hydroxylation is 1. The highest BCUT2D eigenvalue weighted by atomic mass is 32.2. The molecule has 0 spiro atoms. The molecule has 24 heavy (non-hydrogen) atoms. The Labute approximate surface area is 148 Å². The molecule has 1 aromatic heterocycles. The summed E-state index contributed by atoms with van der Waals surface area (Å²) in [6.07, 6.45) is 4.46. The molecule has 9 heteroatoms. The van der Waals surface area contributed by atoms with Gasteiger partial charge in [-0.3, -0.25) is 10.1 Å². The molecule has 2 N–H and O–H groups in total. The second-order valence-corrected chi connectivity index (χ2v) is 8.70. The lowest BCUT2D eigenvalue weighted by Crippen LogP contribution is -2.32. The van der Waals surface area contributed by atoms with Gasteiger partial charge in [-0.25, -0.2) is 8.42 Å². The minimum absolute atomic E-state index is 0.0828. The zero-order valence-electron chi connectivity index (χ0n) is 14.4. The minimum Gasteiger partial charge on any atom is -0.361 e. The van der Waals surface area contributed by atoms with E-state index in [1.165, 1.54) is 0 Å². The fourth-order valence-corrected chi connectivity index (χ4v) is 4.61. The maximum absolute atomic E-state index is 11.7. The number of unbranched alkanes of at least 4 members (excludes halogenated alkanes) is 1. The summed E-state index contributed by atoms with van der Waals surface area (Å²) >= 11 is 5.14. The largest absolute Gasteiger partial charge is 0.361 e. The molecule has 0 aliphatic carbocycles. The number of nitrogens with one attached hydrogen (secondary N) is 2. The maximum Gasteiger partial charge on any atom is 0.186 e. The van der Waals surface area contributed by atoms with Gasteiger partial charge in [0.1, 0.15) is 0 Å². The van der Waals surface area contributed by atoms with Crippen LogP contribution in [-0.2, 0) is 9.84 Å². The zero-order chi connectivity index (χ0) is 17.7. The van der Waals surface area contributed by atoms with Gasteiger partial charge in [0.05, 0.1) is 29.5 Å². The Hall–Kier alpha value is -1.48. The molecule has 1 saturated heterocycles. The van der Waals surface area contributed by atoms with Crippen LogP contribution in [-0.4, -0.2) is 47.6 Å². The van der Waals surface area contributed by atoms with Crippen LogP contribution in [0, 0.1) is 13.8 Å². The summed E-state index contributed by atoms with van der Waals surface area (Å²) in [4.78, 5) is 0. The number of hydrazone groups is 1. The predicted octanol–water partition coefficient (Wildman–Crippen LogP) is 1.46. The molecule has 0 bridgehead atoms. The zero-order valence-corrected chi connectivity index (χ0v) is 16.0. The van der Waals surface area contributed by atoms with E-state index in [0.29, 0.717) is 11.5 Å². The summed E-state index contributed by atoms with van der Waals surface area (Å²) < 4.78 is 25.2. The number of sulfone groups is 1. The number of hydrogen-bond acceptors (Lipinski definition) is 5. The Bertz CT molecular complexity index is 724. The summed E-state index contributed by atoms with van der Waals surface area (Å²) in [5, 5.41) is 12.2. The molecule has 1 aliphatic rings. The molecular weight excluding hydrogens is 346 g/mol. The van der Waals surface area contributed by atoms with Gasteiger partial charge < -0.3 is 5.32 Å². The van der Waals surface area contributed by atoms with Gasteiger partial charge in [0.15, 0.2) is 14.9 Å². The van der Waals surface area contributed by atoms with Crippen molar-refractivity contribution in [2.45, 2.75) is 46.1 Å². The molecule has 2 rings (SSSR count). The molecule has 0 aromatic carbocycles. The lowest BCUT2D eigenvalue weighted by atomic mass is 10.2. The summed E-state index contributed by atoms with van der Waals surface area (Å²) in [6, 6.07) is -0.0828. The number of aromatic nitrogens is 2. The van der Waals surface area contributed by atoms with Gasteiger partial charge in [0.2, 0.25) is 0 Å². The van der Waals surface area contributed by atoms with Gasteiger partial charge in [-0.05, 0) is 38.9 Å². The standard InChI is InChI=1S/C15H25N5O2S2/c1-4-5-7-16-15(23)18-17-9-14-11(2)19-20(12(14)3)13-6-8-24(21,22)10-13/h9,13H,4-8,10H2,1-3H3,(H2,16,18,23)/b17-9-/t13-/m0/s1. The molecule has 1 atom stereocenters. The van der Waals surface area contributed by atoms with E-state index in [4.69, 9.17) is 12.2 Å². The Kier molecular flexibility index (Phi) is 6.34. The van der Waals surface area contributed by atoms with E-state index in [9.17, 15) is 8.42 Å². The highest BCUT2D eigenvalue weighted by Gasteiger charge is 2.31. The van der Waals surface area contributed by atoms with Crippen LogP contribution in [0.25, 0.3) is 0 Å². The molecule has 2 heterocycles. The topological polar surface area (TPSA) is 88.4 Å². The molecule has 0 radical (unpaired) electrons. The van der Waals surface area contributed by atoms with Gasteiger partial charge in [-0.15, -0.1) is 0 Å². The fraction of sp³-hybridized carbons (Fsp3) is 0.667. The smallest absolute Gasteiger partial charge is 0.186 e. The van der Waals surface area contributed by atoms with Crippen molar-refractivity contribution in [1.82, 2.24) is 20.5 Å². The normalized spacial score (nSPS) is 19.7. The van der Waals surface area contributed by atoms with Gasteiger partial charge in [0.25, 0.3) is 0 Å². The molecule has 134 valence electrons. The van der Waals surface area contributed by atoms with E-state index in [1.54, 1.807) is 6.21 Å². The van der Waals surface area contributed by atoms with Crippen LogP contribution >= 0.6 is 12.2 Å². The van der Waals surface area contributed by atoms with E-state index in [0.717, 1.165) is 36.3 Å². The third-order valence-corrected chi connectivity index (χ3v) is 6.10. The highest BCUT2D eigenvalue weighted by Crippen LogP contribution is 2.26. The van der Waals surface area contributed by atoms with Gasteiger partial charge >= 0.3 is 0 Å². The Morgan fingerprint density at radius 3 is 2.88 bits per heavy atom. The van der Waals surface area contributed by atoms with Crippen molar-refractivity contribution in [3.63, 3.8) is 0 Å². The first-order valence-electron chi connectivity index (χ1n) is 8.17. The summed E-state index contributed by atoms with van der Waals surface area (Å²) in [6.45, 7) is 6.77. The average molecular weight is 372 g/mol. The highest BCUT2D eigenvalue weighted by molar-refractivity contribution is 7.91. The third kappa shape index (κ3) is 4.76.